The molecule has 0 radical (unpaired) electrons. The van der Waals surface area contributed by atoms with Crippen LogP contribution in [0, 0.1) is 0 Å². The van der Waals surface area contributed by atoms with Gasteiger partial charge in [0, 0.05) is 29.8 Å². The number of hydrogen-bond donors (Lipinski definition) is 1. The Hall–Kier alpha value is -1.53. The highest BCUT2D eigenvalue weighted by Crippen LogP contribution is 2.25. The zero-order valence-corrected chi connectivity index (χ0v) is 11.2. The molecule has 1 atom stereocenters. The summed E-state index contributed by atoms with van der Waals surface area (Å²) >= 11 is 7.06. The summed E-state index contributed by atoms with van der Waals surface area (Å²) in [6.07, 6.45) is 3.63. The number of alkyl halides is 1. The zero-order chi connectivity index (χ0) is 13.0. The van der Waals surface area contributed by atoms with Gasteiger partial charge in [-0.1, -0.05) is 11.3 Å². The third-order valence-corrected chi connectivity index (χ3v) is 3.11. The van der Waals surface area contributed by atoms with Crippen LogP contribution < -0.4 is 5.32 Å². The van der Waals surface area contributed by atoms with Crippen LogP contribution in [0.1, 0.15) is 13.3 Å². The standard InChI is InChI=1S/C11H11ClN4OS/c1-7(12)6-9(17)14-11-16-15-10(18-11)8-2-4-13-5-3-8/h2-5,7H,6H2,1H3,(H,14,16,17). The monoisotopic (exact) mass is 282 g/mol. The lowest BCUT2D eigenvalue weighted by Crippen LogP contribution is -2.14. The number of amides is 1. The Balaban J connectivity index is 2.05. The van der Waals surface area contributed by atoms with Gasteiger partial charge in [0.15, 0.2) is 0 Å². The fraction of sp³-hybridized carbons (Fsp3) is 0.273. The summed E-state index contributed by atoms with van der Waals surface area (Å²) in [5.41, 5.74) is 0.925. The third kappa shape index (κ3) is 3.48. The van der Waals surface area contributed by atoms with Gasteiger partial charge in [-0.3, -0.25) is 9.78 Å². The Morgan fingerprint density at radius 2 is 2.17 bits per heavy atom. The van der Waals surface area contributed by atoms with E-state index < -0.39 is 0 Å². The van der Waals surface area contributed by atoms with E-state index in [1.54, 1.807) is 19.3 Å². The summed E-state index contributed by atoms with van der Waals surface area (Å²) in [5.74, 6) is -0.157. The number of carbonyl (C=O) groups excluding carboxylic acids is 1. The van der Waals surface area contributed by atoms with Gasteiger partial charge in [0.2, 0.25) is 11.0 Å². The molecule has 2 heterocycles. The maximum absolute atomic E-state index is 11.5. The Kier molecular flexibility index (Phi) is 4.22. The molecule has 0 saturated carbocycles. The summed E-state index contributed by atoms with van der Waals surface area (Å²) in [5, 5.41) is 11.6. The van der Waals surface area contributed by atoms with E-state index in [2.05, 4.69) is 20.5 Å². The maximum Gasteiger partial charge on any atom is 0.227 e. The SMILES string of the molecule is CC(Cl)CC(=O)Nc1nnc(-c2ccncc2)s1. The fourth-order valence-electron chi connectivity index (χ4n) is 1.31. The molecule has 0 aliphatic rings. The minimum Gasteiger partial charge on any atom is -0.300 e. The van der Waals surface area contributed by atoms with E-state index in [1.807, 2.05) is 12.1 Å². The molecule has 0 aliphatic heterocycles. The van der Waals surface area contributed by atoms with Crippen LogP contribution in [0.15, 0.2) is 24.5 Å². The summed E-state index contributed by atoms with van der Waals surface area (Å²) in [7, 11) is 0. The van der Waals surface area contributed by atoms with Crippen molar-refractivity contribution < 1.29 is 4.79 Å². The molecule has 2 aromatic rings. The van der Waals surface area contributed by atoms with Crippen molar-refractivity contribution in [2.24, 2.45) is 0 Å². The molecule has 2 rings (SSSR count). The van der Waals surface area contributed by atoms with Crippen molar-refractivity contribution in [3.63, 3.8) is 0 Å². The van der Waals surface area contributed by atoms with Gasteiger partial charge in [0.05, 0.1) is 0 Å². The van der Waals surface area contributed by atoms with E-state index in [0.717, 1.165) is 10.6 Å². The summed E-state index contributed by atoms with van der Waals surface area (Å²) < 4.78 is 0. The second-order valence-corrected chi connectivity index (χ2v) is 5.40. The van der Waals surface area contributed by atoms with E-state index in [9.17, 15) is 4.79 Å². The highest BCUT2D eigenvalue weighted by Gasteiger charge is 2.11. The fourth-order valence-corrected chi connectivity index (χ4v) is 2.22. The molecule has 18 heavy (non-hydrogen) atoms. The predicted octanol–water partition coefficient (Wildman–Crippen LogP) is 2.56. The van der Waals surface area contributed by atoms with Crippen LogP contribution in [0.25, 0.3) is 10.6 Å². The van der Waals surface area contributed by atoms with Crippen LogP contribution in [0.4, 0.5) is 5.13 Å². The average molecular weight is 283 g/mol. The summed E-state index contributed by atoms with van der Waals surface area (Å²) in [6, 6.07) is 3.68. The van der Waals surface area contributed by atoms with Gasteiger partial charge in [-0.25, -0.2) is 0 Å². The molecule has 2 aromatic heterocycles. The molecule has 0 bridgehead atoms. The predicted molar refractivity (Wildman–Crippen MR) is 71.7 cm³/mol. The highest BCUT2D eigenvalue weighted by atomic mass is 35.5. The minimum atomic E-state index is -0.197. The molecule has 5 nitrogen and oxygen atoms in total. The molecule has 0 saturated heterocycles. The van der Waals surface area contributed by atoms with Crippen LogP contribution in [0.2, 0.25) is 0 Å². The van der Waals surface area contributed by atoms with Gasteiger partial charge in [-0.05, 0) is 19.1 Å². The van der Waals surface area contributed by atoms with Gasteiger partial charge in [-0.15, -0.1) is 21.8 Å². The lowest BCUT2D eigenvalue weighted by Gasteiger charge is -2.01. The molecule has 1 unspecified atom stereocenters. The first-order valence-electron chi connectivity index (χ1n) is 5.33. The van der Waals surface area contributed by atoms with Gasteiger partial charge in [-0.2, -0.15) is 0 Å². The third-order valence-electron chi connectivity index (χ3n) is 2.07. The van der Waals surface area contributed by atoms with E-state index in [-0.39, 0.29) is 17.7 Å². The number of rotatable bonds is 4. The van der Waals surface area contributed by atoms with Crippen molar-refractivity contribution in [2.75, 3.05) is 5.32 Å². The van der Waals surface area contributed by atoms with Crippen LogP contribution in [-0.4, -0.2) is 26.5 Å². The number of halogens is 1. The summed E-state index contributed by atoms with van der Waals surface area (Å²) in [4.78, 5) is 15.4. The van der Waals surface area contributed by atoms with Gasteiger partial charge in [0.1, 0.15) is 5.01 Å². The molecule has 0 fully saturated rings. The largest absolute Gasteiger partial charge is 0.300 e. The van der Waals surface area contributed by atoms with E-state index in [0.29, 0.717) is 5.13 Å². The maximum atomic E-state index is 11.5. The number of anilines is 1. The number of pyridine rings is 1. The van der Waals surface area contributed by atoms with Crippen LogP contribution in [0.5, 0.6) is 0 Å². The quantitative estimate of drug-likeness (QED) is 0.875. The van der Waals surface area contributed by atoms with Crippen molar-refractivity contribution in [3.05, 3.63) is 24.5 Å². The van der Waals surface area contributed by atoms with Crippen molar-refractivity contribution in [2.45, 2.75) is 18.7 Å². The van der Waals surface area contributed by atoms with Crippen molar-refractivity contribution in [1.82, 2.24) is 15.2 Å². The Morgan fingerprint density at radius 3 is 2.83 bits per heavy atom. The lowest BCUT2D eigenvalue weighted by atomic mass is 10.3. The summed E-state index contributed by atoms with van der Waals surface area (Å²) in [6.45, 7) is 1.77. The number of nitrogens with zero attached hydrogens (tertiary/aromatic N) is 3. The first-order chi connectivity index (χ1) is 8.65. The number of carbonyl (C=O) groups is 1. The van der Waals surface area contributed by atoms with E-state index in [4.69, 9.17) is 11.6 Å². The van der Waals surface area contributed by atoms with Gasteiger partial charge in [0.25, 0.3) is 0 Å². The number of nitrogens with one attached hydrogen (secondary N) is 1. The van der Waals surface area contributed by atoms with Crippen molar-refractivity contribution in [1.29, 1.82) is 0 Å². The van der Waals surface area contributed by atoms with Crippen molar-refractivity contribution in [3.8, 4) is 10.6 Å². The minimum absolute atomic E-state index is 0.157. The second-order valence-electron chi connectivity index (χ2n) is 3.68. The molecule has 94 valence electrons. The van der Waals surface area contributed by atoms with Crippen molar-refractivity contribution >= 4 is 34.0 Å². The molecular formula is C11H11ClN4OS. The van der Waals surface area contributed by atoms with E-state index >= 15 is 0 Å². The highest BCUT2D eigenvalue weighted by molar-refractivity contribution is 7.18. The number of hydrogen-bond acceptors (Lipinski definition) is 5. The van der Waals surface area contributed by atoms with Gasteiger partial charge >= 0.3 is 0 Å². The van der Waals surface area contributed by atoms with Crippen LogP contribution >= 0.6 is 22.9 Å². The Bertz CT molecular complexity index is 529. The van der Waals surface area contributed by atoms with Gasteiger partial charge < -0.3 is 5.32 Å². The zero-order valence-electron chi connectivity index (χ0n) is 9.63. The topological polar surface area (TPSA) is 67.8 Å². The molecule has 7 heteroatoms. The number of aromatic nitrogens is 3. The molecule has 1 amide bonds. The van der Waals surface area contributed by atoms with Crippen LogP contribution in [-0.2, 0) is 4.79 Å². The molecule has 0 aromatic carbocycles. The average Bonchev–Trinajstić information content (AvgIpc) is 2.77. The Morgan fingerprint density at radius 1 is 1.44 bits per heavy atom. The second kappa shape index (κ2) is 5.88. The smallest absolute Gasteiger partial charge is 0.227 e. The molecule has 1 N–H and O–H groups in total. The first-order valence-corrected chi connectivity index (χ1v) is 6.58. The van der Waals surface area contributed by atoms with E-state index in [1.165, 1.54) is 11.3 Å². The molecular weight excluding hydrogens is 272 g/mol. The van der Waals surface area contributed by atoms with Crippen LogP contribution in [0.3, 0.4) is 0 Å². The normalized spacial score (nSPS) is 12.1. The Labute approximate surface area is 113 Å². The first kappa shape index (κ1) is 12.9. The molecule has 0 spiro atoms. The molecule has 0 aliphatic carbocycles. The lowest BCUT2D eigenvalue weighted by molar-refractivity contribution is -0.116.